The third-order valence-electron chi connectivity index (χ3n) is 3.53. The quantitative estimate of drug-likeness (QED) is 0.923. The predicted octanol–water partition coefficient (Wildman–Crippen LogP) is 2.58. The first-order valence-corrected chi connectivity index (χ1v) is 7.27. The van der Waals surface area contributed by atoms with Crippen molar-refractivity contribution in [2.45, 2.75) is 37.8 Å². The number of rotatable bonds is 2. The maximum absolute atomic E-state index is 10.0. The lowest BCUT2D eigenvalue weighted by Crippen LogP contribution is -2.29. The van der Waals surface area contributed by atoms with Crippen LogP contribution in [0.2, 0.25) is 0 Å². The van der Waals surface area contributed by atoms with E-state index in [4.69, 9.17) is 0 Å². The molecule has 0 bridgehead atoms. The summed E-state index contributed by atoms with van der Waals surface area (Å²) in [7, 11) is 0. The predicted molar refractivity (Wildman–Crippen MR) is 74.5 cm³/mol. The number of tetrazole rings is 1. The molecule has 0 saturated heterocycles. The van der Waals surface area contributed by atoms with E-state index in [1.54, 1.807) is 4.80 Å². The second-order valence-corrected chi connectivity index (χ2v) is 5.69. The van der Waals surface area contributed by atoms with Gasteiger partial charge in [-0.25, -0.2) is 0 Å². The molecule has 0 radical (unpaired) electrons. The third-order valence-corrected chi connectivity index (χ3v) is 4.23. The van der Waals surface area contributed by atoms with Gasteiger partial charge in [-0.15, -0.1) is 10.2 Å². The molecule has 1 aromatic carbocycles. The van der Waals surface area contributed by atoms with E-state index in [1.807, 2.05) is 24.3 Å². The molecule has 1 aliphatic rings. The second-order valence-electron chi connectivity index (χ2n) is 4.83. The standard InChI is InChI=1S/C13H15BrN4O/c14-10-6-2-1-5-9(10)13-15-17-18(16-13)11-7-3-4-8-12(11)19/h1-2,5-6,11-12,19H,3-4,7-8H2/t11-,12-/m0/s1. The van der Waals surface area contributed by atoms with Crippen molar-refractivity contribution in [2.24, 2.45) is 0 Å². The molecule has 6 heteroatoms. The third kappa shape index (κ3) is 2.55. The number of hydrogen-bond acceptors (Lipinski definition) is 4. The normalized spacial score (nSPS) is 23.5. The number of halogens is 1. The maximum Gasteiger partial charge on any atom is 0.206 e. The van der Waals surface area contributed by atoms with Gasteiger partial charge >= 0.3 is 0 Å². The zero-order chi connectivity index (χ0) is 13.2. The Morgan fingerprint density at radius 1 is 1.21 bits per heavy atom. The molecule has 1 saturated carbocycles. The van der Waals surface area contributed by atoms with Crippen LogP contribution < -0.4 is 0 Å². The van der Waals surface area contributed by atoms with Crippen molar-refractivity contribution in [1.82, 2.24) is 20.2 Å². The average Bonchev–Trinajstić information content (AvgIpc) is 2.89. The number of aliphatic hydroxyl groups is 1. The molecule has 1 aromatic heterocycles. The summed E-state index contributed by atoms with van der Waals surface area (Å²) in [5.74, 6) is 0.588. The smallest absolute Gasteiger partial charge is 0.206 e. The van der Waals surface area contributed by atoms with Gasteiger partial charge in [0, 0.05) is 10.0 Å². The van der Waals surface area contributed by atoms with Crippen LogP contribution in [0.4, 0.5) is 0 Å². The number of aliphatic hydroxyl groups excluding tert-OH is 1. The van der Waals surface area contributed by atoms with Gasteiger partial charge in [0.1, 0.15) is 0 Å². The van der Waals surface area contributed by atoms with E-state index in [0.29, 0.717) is 5.82 Å². The van der Waals surface area contributed by atoms with Crippen LogP contribution in [0.1, 0.15) is 31.7 Å². The zero-order valence-electron chi connectivity index (χ0n) is 10.4. The summed E-state index contributed by atoms with van der Waals surface area (Å²) in [5, 5.41) is 22.6. The van der Waals surface area contributed by atoms with Gasteiger partial charge in [-0.1, -0.05) is 40.9 Å². The highest BCUT2D eigenvalue weighted by Crippen LogP contribution is 2.29. The Morgan fingerprint density at radius 3 is 2.79 bits per heavy atom. The summed E-state index contributed by atoms with van der Waals surface area (Å²) in [6.45, 7) is 0. The number of nitrogens with zero attached hydrogens (tertiary/aromatic N) is 4. The largest absolute Gasteiger partial charge is 0.391 e. The van der Waals surface area contributed by atoms with Gasteiger partial charge in [-0.05, 0) is 30.2 Å². The molecular weight excluding hydrogens is 308 g/mol. The minimum atomic E-state index is -0.366. The van der Waals surface area contributed by atoms with Crippen molar-refractivity contribution in [1.29, 1.82) is 0 Å². The van der Waals surface area contributed by atoms with Crippen LogP contribution in [0, 0.1) is 0 Å². The highest BCUT2D eigenvalue weighted by Gasteiger charge is 2.27. The van der Waals surface area contributed by atoms with Crippen LogP contribution in [-0.4, -0.2) is 31.4 Å². The van der Waals surface area contributed by atoms with Crippen molar-refractivity contribution >= 4 is 15.9 Å². The van der Waals surface area contributed by atoms with Gasteiger partial charge in [-0.3, -0.25) is 0 Å². The highest BCUT2D eigenvalue weighted by atomic mass is 79.9. The summed E-state index contributed by atoms with van der Waals surface area (Å²) in [6, 6.07) is 7.74. The minimum Gasteiger partial charge on any atom is -0.391 e. The lowest BCUT2D eigenvalue weighted by Gasteiger charge is -2.25. The fourth-order valence-electron chi connectivity index (χ4n) is 2.48. The van der Waals surface area contributed by atoms with Crippen LogP contribution in [0.25, 0.3) is 11.4 Å². The van der Waals surface area contributed by atoms with Crippen molar-refractivity contribution in [2.75, 3.05) is 0 Å². The van der Waals surface area contributed by atoms with E-state index >= 15 is 0 Å². The molecular formula is C13H15BrN4O. The molecule has 100 valence electrons. The van der Waals surface area contributed by atoms with Crippen molar-refractivity contribution < 1.29 is 5.11 Å². The molecule has 19 heavy (non-hydrogen) atoms. The lowest BCUT2D eigenvalue weighted by atomic mass is 9.93. The summed E-state index contributed by atoms with van der Waals surface area (Å²) < 4.78 is 0.943. The molecule has 1 heterocycles. The molecule has 0 amide bonds. The van der Waals surface area contributed by atoms with Gasteiger partial charge in [0.2, 0.25) is 5.82 Å². The lowest BCUT2D eigenvalue weighted by molar-refractivity contribution is 0.0614. The van der Waals surface area contributed by atoms with Gasteiger partial charge in [-0.2, -0.15) is 4.80 Å². The van der Waals surface area contributed by atoms with E-state index < -0.39 is 0 Å². The monoisotopic (exact) mass is 322 g/mol. The Morgan fingerprint density at radius 2 is 2.00 bits per heavy atom. The Bertz CT molecular complexity index is 571. The number of hydrogen-bond donors (Lipinski definition) is 1. The second kappa shape index (κ2) is 5.38. The summed E-state index contributed by atoms with van der Waals surface area (Å²) in [4.78, 5) is 1.57. The number of aromatic nitrogens is 4. The topological polar surface area (TPSA) is 63.8 Å². The molecule has 2 aromatic rings. The van der Waals surface area contributed by atoms with Crippen LogP contribution in [-0.2, 0) is 0 Å². The van der Waals surface area contributed by atoms with Crippen LogP contribution in [0.15, 0.2) is 28.7 Å². The van der Waals surface area contributed by atoms with Crippen molar-refractivity contribution in [3.8, 4) is 11.4 Å². The highest BCUT2D eigenvalue weighted by molar-refractivity contribution is 9.10. The Balaban J connectivity index is 1.89. The van der Waals surface area contributed by atoms with Gasteiger partial charge < -0.3 is 5.11 Å². The first-order chi connectivity index (χ1) is 9.25. The SMILES string of the molecule is O[C@H]1CCCC[C@@H]1n1nnc(-c2ccccc2Br)n1. The molecule has 3 rings (SSSR count). The van der Waals surface area contributed by atoms with E-state index in [1.165, 1.54) is 0 Å². The summed E-state index contributed by atoms with van der Waals surface area (Å²) >= 11 is 3.48. The van der Waals surface area contributed by atoms with Crippen LogP contribution in [0.5, 0.6) is 0 Å². The van der Waals surface area contributed by atoms with Crippen molar-refractivity contribution in [3.63, 3.8) is 0 Å². The van der Waals surface area contributed by atoms with E-state index in [0.717, 1.165) is 35.7 Å². The Hall–Kier alpha value is -1.27. The summed E-state index contributed by atoms with van der Waals surface area (Å²) in [5.41, 5.74) is 0.916. The fourth-order valence-corrected chi connectivity index (χ4v) is 2.94. The van der Waals surface area contributed by atoms with E-state index in [-0.39, 0.29) is 12.1 Å². The first-order valence-electron chi connectivity index (χ1n) is 6.48. The average molecular weight is 323 g/mol. The number of benzene rings is 1. The first kappa shape index (κ1) is 12.7. The molecule has 5 nitrogen and oxygen atoms in total. The molecule has 2 atom stereocenters. The van der Waals surface area contributed by atoms with Crippen LogP contribution >= 0.6 is 15.9 Å². The van der Waals surface area contributed by atoms with Gasteiger partial charge in [0.25, 0.3) is 0 Å². The van der Waals surface area contributed by atoms with E-state index in [2.05, 4.69) is 31.3 Å². The summed E-state index contributed by atoms with van der Waals surface area (Å²) in [6.07, 6.45) is 3.54. The molecule has 0 aliphatic heterocycles. The Kier molecular flexibility index (Phi) is 3.61. The van der Waals surface area contributed by atoms with Crippen LogP contribution in [0.3, 0.4) is 0 Å². The van der Waals surface area contributed by atoms with Gasteiger partial charge in [0.05, 0.1) is 12.1 Å². The molecule has 0 unspecified atom stereocenters. The minimum absolute atomic E-state index is 0.0440. The Labute approximate surface area is 119 Å². The van der Waals surface area contributed by atoms with Gasteiger partial charge in [0.15, 0.2) is 0 Å². The molecule has 1 aliphatic carbocycles. The molecule has 1 N–H and O–H groups in total. The maximum atomic E-state index is 10.0. The molecule has 1 fully saturated rings. The zero-order valence-corrected chi connectivity index (χ0v) is 12.0. The fraction of sp³-hybridized carbons (Fsp3) is 0.462. The molecule has 0 spiro atoms. The van der Waals surface area contributed by atoms with E-state index in [9.17, 15) is 5.11 Å². The van der Waals surface area contributed by atoms with Crippen molar-refractivity contribution in [3.05, 3.63) is 28.7 Å².